The topological polar surface area (TPSA) is 85.3 Å². The number of amides is 1. The molecule has 0 aromatic heterocycles. The van der Waals surface area contributed by atoms with E-state index in [4.69, 9.17) is 14.2 Å². The zero-order valence-corrected chi connectivity index (χ0v) is 16.5. The van der Waals surface area contributed by atoms with Gasteiger partial charge in [-0.05, 0) is 12.1 Å². The molecule has 1 N–H and O–H groups in total. The second kappa shape index (κ2) is 8.79. The van der Waals surface area contributed by atoms with Gasteiger partial charge in [0.2, 0.25) is 0 Å². The largest absolute Gasteiger partial charge is 0.507 e. The second-order valence-electron chi connectivity index (χ2n) is 6.46. The van der Waals surface area contributed by atoms with Crippen LogP contribution in [0.15, 0.2) is 54.1 Å². The number of Topliss-reactive ketones (excluding diaryl/α,β-unsaturated/α-hetero) is 1. The van der Waals surface area contributed by atoms with Gasteiger partial charge in [0, 0.05) is 30.8 Å². The number of hydrogen-bond acceptors (Lipinski definition) is 6. The molecule has 3 rings (SSSR count). The van der Waals surface area contributed by atoms with Crippen molar-refractivity contribution in [2.24, 2.45) is 0 Å². The summed E-state index contributed by atoms with van der Waals surface area (Å²) in [4.78, 5) is 27.1. The average Bonchev–Trinajstić information content (AvgIpc) is 3.01. The van der Waals surface area contributed by atoms with Gasteiger partial charge >= 0.3 is 0 Å². The molecule has 0 bridgehead atoms. The van der Waals surface area contributed by atoms with Crippen LogP contribution in [-0.2, 0) is 14.3 Å². The summed E-state index contributed by atoms with van der Waals surface area (Å²) in [7, 11) is 4.55. The summed E-state index contributed by atoms with van der Waals surface area (Å²) in [6.45, 7) is 0.430. The molecule has 1 heterocycles. The summed E-state index contributed by atoms with van der Waals surface area (Å²) in [6, 6.07) is 13.0. The lowest BCUT2D eigenvalue weighted by molar-refractivity contribution is -0.140. The minimum atomic E-state index is -0.814. The van der Waals surface area contributed by atoms with Crippen molar-refractivity contribution in [1.29, 1.82) is 0 Å². The van der Waals surface area contributed by atoms with Crippen molar-refractivity contribution in [3.05, 3.63) is 65.2 Å². The zero-order valence-electron chi connectivity index (χ0n) is 16.5. The van der Waals surface area contributed by atoms with Crippen LogP contribution in [0.4, 0.5) is 0 Å². The lowest BCUT2D eigenvalue weighted by Crippen LogP contribution is -2.32. The predicted octanol–water partition coefficient (Wildman–Crippen LogP) is 2.77. The Morgan fingerprint density at radius 3 is 2.38 bits per heavy atom. The van der Waals surface area contributed by atoms with Crippen LogP contribution >= 0.6 is 0 Å². The molecule has 0 radical (unpaired) electrons. The van der Waals surface area contributed by atoms with E-state index in [1.54, 1.807) is 48.5 Å². The van der Waals surface area contributed by atoms with Crippen LogP contribution in [0, 0.1) is 0 Å². The van der Waals surface area contributed by atoms with E-state index in [0.717, 1.165) is 0 Å². The molecule has 1 aliphatic heterocycles. The highest BCUT2D eigenvalue weighted by atomic mass is 16.5. The third-order valence-electron chi connectivity index (χ3n) is 4.86. The van der Waals surface area contributed by atoms with Crippen LogP contribution < -0.4 is 9.47 Å². The van der Waals surface area contributed by atoms with Gasteiger partial charge in [0.05, 0.1) is 32.4 Å². The number of ether oxygens (including phenoxy) is 3. The molecule has 29 heavy (non-hydrogen) atoms. The number of ketones is 1. The monoisotopic (exact) mass is 397 g/mol. The van der Waals surface area contributed by atoms with Crippen LogP contribution in [0.3, 0.4) is 0 Å². The summed E-state index contributed by atoms with van der Waals surface area (Å²) in [5, 5.41) is 10.9. The Hall–Kier alpha value is -3.32. The average molecular weight is 397 g/mol. The summed E-state index contributed by atoms with van der Waals surface area (Å²) in [6.07, 6.45) is 0. The second-order valence-corrected chi connectivity index (χ2v) is 6.46. The lowest BCUT2D eigenvalue weighted by Gasteiger charge is -2.26. The van der Waals surface area contributed by atoms with Crippen LogP contribution in [0.25, 0.3) is 5.76 Å². The van der Waals surface area contributed by atoms with Gasteiger partial charge in [-0.3, -0.25) is 9.59 Å². The van der Waals surface area contributed by atoms with E-state index in [-0.39, 0.29) is 24.5 Å². The fourth-order valence-corrected chi connectivity index (χ4v) is 3.42. The molecule has 0 spiro atoms. The maximum Gasteiger partial charge on any atom is 0.295 e. The fourth-order valence-electron chi connectivity index (χ4n) is 3.42. The van der Waals surface area contributed by atoms with Crippen molar-refractivity contribution in [2.75, 3.05) is 34.5 Å². The van der Waals surface area contributed by atoms with Crippen molar-refractivity contribution < 1.29 is 28.9 Å². The molecule has 1 saturated heterocycles. The Labute approximate surface area is 169 Å². The third kappa shape index (κ3) is 3.82. The van der Waals surface area contributed by atoms with Crippen LogP contribution in [0.1, 0.15) is 17.2 Å². The number of nitrogens with zero attached hydrogens (tertiary/aromatic N) is 1. The van der Waals surface area contributed by atoms with E-state index in [0.29, 0.717) is 22.6 Å². The quantitative estimate of drug-likeness (QED) is 0.439. The van der Waals surface area contributed by atoms with E-state index >= 15 is 0 Å². The number of likely N-dealkylation sites (tertiary alicyclic amines) is 1. The Morgan fingerprint density at radius 2 is 1.76 bits per heavy atom. The van der Waals surface area contributed by atoms with E-state index in [9.17, 15) is 14.7 Å². The van der Waals surface area contributed by atoms with E-state index in [1.165, 1.54) is 26.2 Å². The van der Waals surface area contributed by atoms with Gasteiger partial charge in [-0.2, -0.15) is 0 Å². The Balaban J connectivity index is 2.21. The van der Waals surface area contributed by atoms with Crippen LogP contribution in [0.5, 0.6) is 11.5 Å². The first-order chi connectivity index (χ1) is 14.0. The molecule has 2 aromatic carbocycles. The maximum absolute atomic E-state index is 12.9. The molecule has 0 saturated carbocycles. The molecule has 0 aliphatic carbocycles. The first kappa shape index (κ1) is 20.4. The summed E-state index contributed by atoms with van der Waals surface area (Å²) in [5.74, 6) is -0.653. The van der Waals surface area contributed by atoms with E-state index < -0.39 is 17.7 Å². The number of carbonyl (C=O) groups excluding carboxylic acids is 2. The van der Waals surface area contributed by atoms with Crippen molar-refractivity contribution >= 4 is 17.4 Å². The Kier molecular flexibility index (Phi) is 6.19. The first-order valence-electron chi connectivity index (χ1n) is 9.08. The van der Waals surface area contributed by atoms with Crippen molar-refractivity contribution in [3.63, 3.8) is 0 Å². The summed E-state index contributed by atoms with van der Waals surface area (Å²) in [5.41, 5.74) is 1.04. The lowest BCUT2D eigenvalue weighted by atomic mass is 9.94. The Morgan fingerprint density at radius 1 is 1.03 bits per heavy atom. The summed E-state index contributed by atoms with van der Waals surface area (Å²) >= 11 is 0. The molecule has 7 heteroatoms. The minimum Gasteiger partial charge on any atom is -0.507 e. The highest BCUT2D eigenvalue weighted by Gasteiger charge is 2.46. The van der Waals surface area contributed by atoms with Crippen molar-refractivity contribution in [2.45, 2.75) is 6.04 Å². The van der Waals surface area contributed by atoms with Crippen molar-refractivity contribution in [1.82, 2.24) is 4.90 Å². The van der Waals surface area contributed by atoms with Gasteiger partial charge in [0.25, 0.3) is 11.7 Å². The molecule has 7 nitrogen and oxygen atoms in total. The van der Waals surface area contributed by atoms with E-state index in [1.807, 2.05) is 0 Å². The minimum absolute atomic E-state index is 0.0146. The Bertz CT molecular complexity index is 938. The standard InChI is InChI=1S/C22H23NO6/c1-27-12-11-23-19(16-10-9-15(28-2)13-17(16)29-3)18(21(25)22(23)26)20(24)14-7-5-4-6-8-14/h4-10,13,19,24H,11-12H2,1-3H3/b20-18-. The van der Waals surface area contributed by atoms with Gasteiger partial charge < -0.3 is 24.2 Å². The van der Waals surface area contributed by atoms with Crippen molar-refractivity contribution in [3.8, 4) is 11.5 Å². The number of aliphatic hydroxyl groups excluding tert-OH is 1. The molecule has 2 aromatic rings. The molecule has 1 aliphatic rings. The smallest absolute Gasteiger partial charge is 0.295 e. The zero-order chi connectivity index (χ0) is 21.0. The molecule has 1 atom stereocenters. The normalized spacial score (nSPS) is 18.2. The highest BCUT2D eigenvalue weighted by molar-refractivity contribution is 6.46. The molecular weight excluding hydrogens is 374 g/mol. The van der Waals surface area contributed by atoms with Crippen LogP contribution in [-0.4, -0.2) is 56.2 Å². The SMILES string of the molecule is COCCN1C(=O)C(=O)/C(=C(\O)c2ccccc2)C1c1ccc(OC)cc1OC. The van der Waals surface area contributed by atoms with Gasteiger partial charge in [-0.1, -0.05) is 30.3 Å². The van der Waals surface area contributed by atoms with Crippen LogP contribution in [0.2, 0.25) is 0 Å². The molecule has 1 unspecified atom stereocenters. The van der Waals surface area contributed by atoms with Gasteiger partial charge in [-0.25, -0.2) is 0 Å². The molecular formula is C22H23NO6. The van der Waals surface area contributed by atoms with Gasteiger partial charge in [-0.15, -0.1) is 0 Å². The van der Waals surface area contributed by atoms with Gasteiger partial charge in [0.1, 0.15) is 17.3 Å². The third-order valence-corrected chi connectivity index (χ3v) is 4.86. The summed E-state index contributed by atoms with van der Waals surface area (Å²) < 4.78 is 15.8. The fraction of sp³-hybridized carbons (Fsp3) is 0.273. The molecule has 1 amide bonds. The maximum atomic E-state index is 12.9. The van der Waals surface area contributed by atoms with Gasteiger partial charge in [0.15, 0.2) is 0 Å². The number of hydrogen-bond donors (Lipinski definition) is 1. The number of benzene rings is 2. The number of rotatable bonds is 7. The first-order valence-corrected chi connectivity index (χ1v) is 9.08. The molecule has 1 fully saturated rings. The molecule has 152 valence electrons. The highest BCUT2D eigenvalue weighted by Crippen LogP contribution is 2.43. The predicted molar refractivity (Wildman–Crippen MR) is 107 cm³/mol. The number of methoxy groups -OCH3 is 3. The number of aliphatic hydroxyl groups is 1. The number of carbonyl (C=O) groups is 2. The van der Waals surface area contributed by atoms with E-state index in [2.05, 4.69) is 0 Å².